The average Bonchev–Trinajstić information content (AvgIpc) is 2.75. The average molecular weight is 260 g/mol. The Bertz CT molecular complexity index is 604. The second-order valence-electron chi connectivity index (χ2n) is 3.77. The van der Waals surface area contributed by atoms with Gasteiger partial charge in [0.25, 0.3) is 5.91 Å². The molecule has 0 aliphatic rings. The van der Waals surface area contributed by atoms with E-state index in [-0.39, 0.29) is 11.9 Å². The number of nitrogens with one attached hydrogen (secondary N) is 3. The van der Waals surface area contributed by atoms with Crippen LogP contribution in [-0.4, -0.2) is 27.1 Å². The number of aryl methyl sites for hydroxylation is 1. The molecule has 0 aliphatic heterocycles. The van der Waals surface area contributed by atoms with Crippen LogP contribution in [0.15, 0.2) is 24.3 Å². The van der Waals surface area contributed by atoms with Gasteiger partial charge in [-0.25, -0.2) is 4.79 Å². The molecule has 0 fully saturated rings. The van der Waals surface area contributed by atoms with Gasteiger partial charge in [-0.05, 0) is 31.2 Å². The zero-order valence-electron chi connectivity index (χ0n) is 10.1. The summed E-state index contributed by atoms with van der Waals surface area (Å²) in [6.07, 6.45) is 0. The van der Waals surface area contributed by atoms with Gasteiger partial charge in [0, 0.05) is 11.3 Å². The summed E-state index contributed by atoms with van der Waals surface area (Å²) in [4.78, 5) is 26.4. The lowest BCUT2D eigenvalue weighted by molar-refractivity contribution is 0.102. The predicted octanol–water partition coefficient (Wildman–Crippen LogP) is 0.856. The van der Waals surface area contributed by atoms with Crippen molar-refractivity contribution in [1.82, 2.24) is 15.2 Å². The van der Waals surface area contributed by atoms with Crippen molar-refractivity contribution < 1.29 is 9.59 Å². The quantitative estimate of drug-likeness (QED) is 0.652. The smallest absolute Gasteiger partial charge is 0.316 e. The molecule has 5 N–H and O–H groups in total. The largest absolute Gasteiger partial charge is 0.351 e. The normalized spacial score (nSPS) is 9.95. The number of nitrogens with zero attached hydrogens (tertiary/aromatic N) is 2. The number of aromatic nitrogens is 3. The molecule has 3 amide bonds. The molecule has 0 bridgehead atoms. The first-order valence-electron chi connectivity index (χ1n) is 5.41. The van der Waals surface area contributed by atoms with Crippen molar-refractivity contribution in [3.05, 3.63) is 35.7 Å². The molecule has 8 nitrogen and oxygen atoms in total. The van der Waals surface area contributed by atoms with Crippen molar-refractivity contribution in [3.8, 4) is 0 Å². The maximum Gasteiger partial charge on any atom is 0.316 e. The van der Waals surface area contributed by atoms with Crippen molar-refractivity contribution in [1.29, 1.82) is 0 Å². The summed E-state index contributed by atoms with van der Waals surface area (Å²) < 4.78 is 0. The monoisotopic (exact) mass is 260 g/mol. The van der Waals surface area contributed by atoms with Crippen LogP contribution in [0.1, 0.15) is 16.2 Å². The minimum Gasteiger partial charge on any atom is -0.351 e. The highest BCUT2D eigenvalue weighted by atomic mass is 16.2. The van der Waals surface area contributed by atoms with E-state index in [0.29, 0.717) is 17.1 Å². The van der Waals surface area contributed by atoms with E-state index in [1.165, 1.54) is 0 Å². The molecular formula is C11H12N6O2. The zero-order valence-corrected chi connectivity index (χ0v) is 10.1. The van der Waals surface area contributed by atoms with Crippen LogP contribution < -0.4 is 16.4 Å². The highest BCUT2D eigenvalue weighted by Gasteiger charge is 2.08. The van der Waals surface area contributed by atoms with Crippen LogP contribution in [0.25, 0.3) is 0 Å². The summed E-state index contributed by atoms with van der Waals surface area (Å²) in [5.41, 5.74) is 5.90. The van der Waals surface area contributed by atoms with Crippen LogP contribution in [0.2, 0.25) is 0 Å². The molecule has 0 saturated carbocycles. The third-order valence-corrected chi connectivity index (χ3v) is 2.24. The number of H-pyrrole nitrogens is 1. The van der Waals surface area contributed by atoms with E-state index in [0.717, 1.165) is 0 Å². The molecule has 1 aromatic carbocycles. The first-order chi connectivity index (χ1) is 9.04. The molecule has 19 heavy (non-hydrogen) atoms. The first kappa shape index (κ1) is 12.6. The molecule has 0 spiro atoms. The van der Waals surface area contributed by atoms with E-state index in [2.05, 4.69) is 25.8 Å². The number of nitrogens with two attached hydrogens (primary N) is 1. The van der Waals surface area contributed by atoms with Gasteiger partial charge in [0.2, 0.25) is 5.95 Å². The number of hydrogen-bond acceptors (Lipinski definition) is 4. The van der Waals surface area contributed by atoms with Gasteiger partial charge in [-0.15, -0.1) is 5.10 Å². The van der Waals surface area contributed by atoms with Gasteiger partial charge in [-0.1, -0.05) is 0 Å². The van der Waals surface area contributed by atoms with Gasteiger partial charge in [0.1, 0.15) is 5.82 Å². The second kappa shape index (κ2) is 5.17. The minimum atomic E-state index is -0.659. The van der Waals surface area contributed by atoms with Crippen LogP contribution in [-0.2, 0) is 0 Å². The molecule has 0 unspecified atom stereocenters. The fourth-order valence-electron chi connectivity index (χ4n) is 1.42. The molecule has 98 valence electrons. The Balaban J connectivity index is 2.05. The molecule has 1 heterocycles. The summed E-state index contributed by atoms with van der Waals surface area (Å²) in [6.45, 7) is 1.73. The van der Waals surface area contributed by atoms with Gasteiger partial charge in [-0.3, -0.25) is 15.2 Å². The molecule has 0 atom stereocenters. The van der Waals surface area contributed by atoms with Gasteiger partial charge in [0.15, 0.2) is 0 Å². The Labute approximate surface area is 108 Å². The third-order valence-electron chi connectivity index (χ3n) is 2.24. The van der Waals surface area contributed by atoms with Gasteiger partial charge in [-0.2, -0.15) is 4.98 Å². The molecular weight excluding hydrogens is 248 g/mol. The molecule has 0 radical (unpaired) electrons. The number of hydrogen-bond donors (Lipinski definition) is 4. The summed E-state index contributed by atoms with van der Waals surface area (Å²) in [7, 11) is 0. The SMILES string of the molecule is Cc1nc(NC(=O)c2ccc(NC(N)=O)cc2)n[nH]1. The first-order valence-corrected chi connectivity index (χ1v) is 5.41. The number of anilines is 2. The lowest BCUT2D eigenvalue weighted by atomic mass is 10.2. The summed E-state index contributed by atoms with van der Waals surface area (Å²) >= 11 is 0. The summed E-state index contributed by atoms with van der Waals surface area (Å²) in [5.74, 6) is 0.475. The highest BCUT2D eigenvalue weighted by molar-refractivity contribution is 6.03. The lowest BCUT2D eigenvalue weighted by Gasteiger charge is -2.03. The van der Waals surface area contributed by atoms with Crippen molar-refractivity contribution in [2.75, 3.05) is 10.6 Å². The van der Waals surface area contributed by atoms with E-state index < -0.39 is 6.03 Å². The number of urea groups is 1. The number of benzene rings is 1. The van der Waals surface area contributed by atoms with E-state index in [4.69, 9.17) is 5.73 Å². The van der Waals surface area contributed by atoms with Gasteiger partial charge < -0.3 is 11.1 Å². The maximum absolute atomic E-state index is 11.8. The minimum absolute atomic E-state index is 0.210. The fraction of sp³-hybridized carbons (Fsp3) is 0.0909. The highest BCUT2D eigenvalue weighted by Crippen LogP contribution is 2.10. The van der Waals surface area contributed by atoms with Crippen molar-refractivity contribution in [3.63, 3.8) is 0 Å². The van der Waals surface area contributed by atoms with Crippen molar-refractivity contribution in [2.45, 2.75) is 6.92 Å². The molecule has 0 aliphatic carbocycles. The van der Waals surface area contributed by atoms with E-state index in [1.807, 2.05) is 0 Å². The number of carbonyl (C=O) groups is 2. The van der Waals surface area contributed by atoms with Crippen LogP contribution in [0.5, 0.6) is 0 Å². The number of primary amides is 1. The van der Waals surface area contributed by atoms with Crippen LogP contribution in [0.4, 0.5) is 16.4 Å². The van der Waals surface area contributed by atoms with E-state index >= 15 is 0 Å². The Morgan fingerprint density at radius 1 is 1.21 bits per heavy atom. The third kappa shape index (κ3) is 3.28. The Hall–Kier alpha value is -2.90. The number of amides is 3. The molecule has 2 rings (SSSR count). The van der Waals surface area contributed by atoms with Crippen molar-refractivity contribution >= 4 is 23.6 Å². The molecule has 0 saturated heterocycles. The second-order valence-corrected chi connectivity index (χ2v) is 3.77. The Morgan fingerprint density at radius 3 is 2.42 bits per heavy atom. The Morgan fingerprint density at radius 2 is 1.89 bits per heavy atom. The van der Waals surface area contributed by atoms with Gasteiger partial charge >= 0.3 is 6.03 Å². The van der Waals surface area contributed by atoms with Crippen LogP contribution >= 0.6 is 0 Å². The fourth-order valence-corrected chi connectivity index (χ4v) is 1.42. The van der Waals surface area contributed by atoms with Gasteiger partial charge in [0.05, 0.1) is 0 Å². The Kier molecular flexibility index (Phi) is 3.42. The standard InChI is InChI=1S/C11H12N6O2/c1-6-13-11(17-16-6)15-9(18)7-2-4-8(5-3-7)14-10(12)19/h2-5H,1H3,(H3,12,14,19)(H2,13,15,16,17,18). The lowest BCUT2D eigenvalue weighted by Crippen LogP contribution is -2.19. The zero-order chi connectivity index (χ0) is 13.8. The maximum atomic E-state index is 11.8. The topological polar surface area (TPSA) is 126 Å². The number of aromatic amines is 1. The van der Waals surface area contributed by atoms with E-state index in [1.54, 1.807) is 31.2 Å². The predicted molar refractivity (Wildman–Crippen MR) is 68.7 cm³/mol. The molecule has 2 aromatic rings. The number of carbonyl (C=O) groups excluding carboxylic acids is 2. The molecule has 8 heteroatoms. The summed E-state index contributed by atoms with van der Waals surface area (Å²) in [5, 5.41) is 11.4. The van der Waals surface area contributed by atoms with Crippen molar-refractivity contribution in [2.24, 2.45) is 5.73 Å². The molecule has 1 aromatic heterocycles. The summed E-state index contributed by atoms with van der Waals surface area (Å²) in [6, 6.07) is 5.60. The van der Waals surface area contributed by atoms with E-state index in [9.17, 15) is 9.59 Å². The number of rotatable bonds is 3. The van der Waals surface area contributed by atoms with Crippen LogP contribution in [0, 0.1) is 6.92 Å². The van der Waals surface area contributed by atoms with Crippen LogP contribution in [0.3, 0.4) is 0 Å².